The van der Waals surface area contributed by atoms with Crippen LogP contribution in [-0.2, 0) is 21.2 Å². The lowest BCUT2D eigenvalue weighted by Crippen LogP contribution is -2.17. The van der Waals surface area contributed by atoms with Crippen LogP contribution in [0.4, 0.5) is 24.5 Å². The Balaban J connectivity index is 1.78. The molecule has 1 heterocycles. The standard InChI is InChI=1S/C15H11F3N2O4S/c16-15(17,18)24-11-2-4-12(5-3-11)25(22,23)20-10-1-6-13-9(7-10)8-14(21)19-13/h1-7,20H,8H2,(H,19,21). The number of hydrogen-bond donors (Lipinski definition) is 2. The number of rotatable bonds is 4. The second-order valence-electron chi connectivity index (χ2n) is 5.22. The van der Waals surface area contributed by atoms with E-state index in [0.29, 0.717) is 11.3 Å². The van der Waals surface area contributed by atoms with Crippen LogP contribution in [0.15, 0.2) is 47.4 Å². The summed E-state index contributed by atoms with van der Waals surface area (Å²) in [6, 6.07) is 8.39. The number of benzene rings is 2. The molecule has 3 rings (SSSR count). The molecule has 132 valence electrons. The maximum Gasteiger partial charge on any atom is 0.573 e. The highest BCUT2D eigenvalue weighted by molar-refractivity contribution is 7.92. The number of hydrogen-bond acceptors (Lipinski definition) is 4. The highest BCUT2D eigenvalue weighted by atomic mass is 32.2. The number of ether oxygens (including phenoxy) is 1. The summed E-state index contributed by atoms with van der Waals surface area (Å²) in [6.45, 7) is 0. The van der Waals surface area contributed by atoms with E-state index >= 15 is 0 Å². The summed E-state index contributed by atoms with van der Waals surface area (Å²) in [5, 5.41) is 2.62. The molecule has 2 aromatic carbocycles. The van der Waals surface area contributed by atoms with Crippen molar-refractivity contribution in [3.63, 3.8) is 0 Å². The Morgan fingerprint density at radius 3 is 2.40 bits per heavy atom. The van der Waals surface area contributed by atoms with Gasteiger partial charge in [0.1, 0.15) is 5.75 Å². The number of nitrogens with one attached hydrogen (secondary N) is 2. The van der Waals surface area contributed by atoms with E-state index in [0.717, 1.165) is 24.3 Å². The summed E-state index contributed by atoms with van der Waals surface area (Å²) in [5.74, 6) is -0.705. The topological polar surface area (TPSA) is 84.5 Å². The van der Waals surface area contributed by atoms with Gasteiger partial charge < -0.3 is 10.1 Å². The molecular formula is C15H11F3N2O4S. The van der Waals surface area contributed by atoms with Gasteiger partial charge >= 0.3 is 6.36 Å². The van der Waals surface area contributed by atoms with Gasteiger partial charge in [0.15, 0.2) is 0 Å². The van der Waals surface area contributed by atoms with Gasteiger partial charge in [-0.2, -0.15) is 0 Å². The average molecular weight is 372 g/mol. The molecule has 0 saturated heterocycles. The zero-order valence-corrected chi connectivity index (χ0v) is 13.2. The van der Waals surface area contributed by atoms with Crippen molar-refractivity contribution < 1.29 is 31.1 Å². The van der Waals surface area contributed by atoms with Gasteiger partial charge in [0.05, 0.1) is 11.3 Å². The minimum absolute atomic E-state index is 0.147. The van der Waals surface area contributed by atoms with E-state index in [9.17, 15) is 26.4 Å². The fourth-order valence-electron chi connectivity index (χ4n) is 2.33. The van der Waals surface area contributed by atoms with E-state index in [4.69, 9.17) is 0 Å². The first-order chi connectivity index (χ1) is 11.6. The molecule has 2 N–H and O–H groups in total. The van der Waals surface area contributed by atoms with Gasteiger partial charge in [0, 0.05) is 11.4 Å². The van der Waals surface area contributed by atoms with Crippen molar-refractivity contribution in [1.29, 1.82) is 0 Å². The van der Waals surface area contributed by atoms with Gasteiger partial charge in [-0.25, -0.2) is 8.42 Å². The molecule has 25 heavy (non-hydrogen) atoms. The van der Waals surface area contributed by atoms with E-state index in [1.165, 1.54) is 12.1 Å². The smallest absolute Gasteiger partial charge is 0.406 e. The Hall–Kier alpha value is -2.75. The molecule has 0 radical (unpaired) electrons. The van der Waals surface area contributed by atoms with Gasteiger partial charge in [-0.05, 0) is 48.0 Å². The first-order valence-corrected chi connectivity index (χ1v) is 8.42. The van der Waals surface area contributed by atoms with Crippen molar-refractivity contribution in [2.24, 2.45) is 0 Å². The summed E-state index contributed by atoms with van der Waals surface area (Å²) in [6.07, 6.45) is -4.71. The summed E-state index contributed by atoms with van der Waals surface area (Å²) in [4.78, 5) is 11.1. The summed E-state index contributed by atoms with van der Waals surface area (Å²) < 4.78 is 67.0. The SMILES string of the molecule is O=C1Cc2cc(NS(=O)(=O)c3ccc(OC(F)(F)F)cc3)ccc2N1. The molecule has 0 aliphatic carbocycles. The molecule has 1 amide bonds. The number of fused-ring (bicyclic) bond motifs is 1. The second-order valence-corrected chi connectivity index (χ2v) is 6.90. The molecule has 0 fully saturated rings. The highest BCUT2D eigenvalue weighted by Gasteiger charge is 2.31. The first-order valence-electron chi connectivity index (χ1n) is 6.94. The number of carbonyl (C=O) groups is 1. The zero-order valence-electron chi connectivity index (χ0n) is 12.4. The predicted octanol–water partition coefficient (Wildman–Crippen LogP) is 2.88. The monoisotopic (exact) mass is 372 g/mol. The number of halogens is 3. The summed E-state index contributed by atoms with van der Waals surface area (Å²) >= 11 is 0. The summed E-state index contributed by atoms with van der Waals surface area (Å²) in [5.41, 5.74) is 1.51. The van der Waals surface area contributed by atoms with Crippen LogP contribution in [0, 0.1) is 0 Å². The van der Waals surface area contributed by atoms with E-state index in [-0.39, 0.29) is 22.9 Å². The maximum atomic E-state index is 12.3. The predicted molar refractivity (Wildman–Crippen MR) is 82.7 cm³/mol. The third-order valence-electron chi connectivity index (χ3n) is 3.35. The van der Waals surface area contributed by atoms with Crippen molar-refractivity contribution in [2.75, 3.05) is 10.0 Å². The molecule has 2 aromatic rings. The van der Waals surface area contributed by atoms with Crippen molar-refractivity contribution >= 4 is 27.3 Å². The molecule has 1 aliphatic rings. The fraction of sp³-hybridized carbons (Fsp3) is 0.133. The van der Waals surface area contributed by atoms with Crippen molar-refractivity contribution in [3.8, 4) is 5.75 Å². The lowest BCUT2D eigenvalue weighted by molar-refractivity contribution is -0.274. The minimum atomic E-state index is -4.85. The lowest BCUT2D eigenvalue weighted by atomic mass is 10.1. The molecule has 10 heteroatoms. The molecular weight excluding hydrogens is 361 g/mol. The number of alkyl halides is 3. The Kier molecular flexibility index (Phi) is 4.07. The average Bonchev–Trinajstić information content (AvgIpc) is 2.85. The van der Waals surface area contributed by atoms with Crippen LogP contribution in [0.3, 0.4) is 0 Å². The number of sulfonamides is 1. The van der Waals surface area contributed by atoms with Crippen LogP contribution in [0.2, 0.25) is 0 Å². The van der Waals surface area contributed by atoms with Gasteiger partial charge in [-0.1, -0.05) is 0 Å². The molecule has 6 nitrogen and oxygen atoms in total. The third-order valence-corrected chi connectivity index (χ3v) is 4.75. The molecule has 0 bridgehead atoms. The van der Waals surface area contributed by atoms with Crippen molar-refractivity contribution in [2.45, 2.75) is 17.7 Å². The Morgan fingerprint density at radius 1 is 1.08 bits per heavy atom. The van der Waals surface area contributed by atoms with Crippen LogP contribution in [0.5, 0.6) is 5.75 Å². The Labute approximate surface area is 140 Å². The molecule has 0 aromatic heterocycles. The molecule has 0 spiro atoms. The number of amides is 1. The fourth-order valence-corrected chi connectivity index (χ4v) is 3.38. The molecule has 0 atom stereocenters. The van der Waals surface area contributed by atoms with Crippen LogP contribution >= 0.6 is 0 Å². The quantitative estimate of drug-likeness (QED) is 0.864. The van der Waals surface area contributed by atoms with E-state index in [1.807, 2.05) is 0 Å². The molecule has 0 unspecified atom stereocenters. The zero-order chi connectivity index (χ0) is 18.2. The highest BCUT2D eigenvalue weighted by Crippen LogP contribution is 2.28. The van der Waals surface area contributed by atoms with Crippen molar-refractivity contribution in [1.82, 2.24) is 0 Å². The first kappa shape index (κ1) is 17.1. The molecule has 0 saturated carbocycles. The van der Waals surface area contributed by atoms with Crippen LogP contribution in [0.1, 0.15) is 5.56 Å². The molecule has 1 aliphatic heterocycles. The Bertz CT molecular complexity index is 925. The largest absolute Gasteiger partial charge is 0.573 e. The van der Waals surface area contributed by atoms with Gasteiger partial charge in [-0.15, -0.1) is 13.2 Å². The minimum Gasteiger partial charge on any atom is -0.406 e. The van der Waals surface area contributed by atoms with Gasteiger partial charge in [0.2, 0.25) is 5.91 Å². The van der Waals surface area contributed by atoms with E-state index < -0.39 is 22.1 Å². The van der Waals surface area contributed by atoms with Gasteiger partial charge in [-0.3, -0.25) is 9.52 Å². The summed E-state index contributed by atoms with van der Waals surface area (Å²) in [7, 11) is -4.00. The Morgan fingerprint density at radius 2 is 1.76 bits per heavy atom. The lowest BCUT2D eigenvalue weighted by Gasteiger charge is -2.11. The normalized spacial score (nSPS) is 14.0. The second kappa shape index (κ2) is 5.96. The number of anilines is 2. The maximum absolute atomic E-state index is 12.3. The van der Waals surface area contributed by atoms with Crippen LogP contribution < -0.4 is 14.8 Å². The van der Waals surface area contributed by atoms with E-state index in [2.05, 4.69) is 14.8 Å². The third kappa shape index (κ3) is 4.02. The van der Waals surface area contributed by atoms with E-state index in [1.54, 1.807) is 6.07 Å². The van der Waals surface area contributed by atoms with Crippen LogP contribution in [-0.4, -0.2) is 20.7 Å². The van der Waals surface area contributed by atoms with Gasteiger partial charge in [0.25, 0.3) is 10.0 Å². The van der Waals surface area contributed by atoms with Crippen molar-refractivity contribution in [3.05, 3.63) is 48.0 Å². The van der Waals surface area contributed by atoms with Crippen LogP contribution in [0.25, 0.3) is 0 Å². The number of carbonyl (C=O) groups excluding carboxylic acids is 1.